The van der Waals surface area contributed by atoms with Crippen molar-refractivity contribution in [1.29, 1.82) is 0 Å². The van der Waals surface area contributed by atoms with E-state index in [0.29, 0.717) is 18.7 Å². The molecular formula is C19H19BrN2O3. The smallest absolute Gasteiger partial charge is 0.410 e. The van der Waals surface area contributed by atoms with E-state index in [2.05, 4.69) is 21.2 Å². The third-order valence-electron chi connectivity index (χ3n) is 4.13. The van der Waals surface area contributed by atoms with E-state index in [1.54, 1.807) is 0 Å². The molecule has 3 rings (SSSR count). The lowest BCUT2D eigenvalue weighted by Crippen LogP contribution is -2.43. The number of nitrogens with zero attached hydrogens (tertiary/aromatic N) is 1. The summed E-state index contributed by atoms with van der Waals surface area (Å²) in [4.78, 5) is 26.5. The summed E-state index contributed by atoms with van der Waals surface area (Å²) in [5.74, 6) is -0.193. The van der Waals surface area contributed by atoms with E-state index in [1.807, 2.05) is 54.6 Å². The van der Waals surface area contributed by atoms with Gasteiger partial charge in [-0.2, -0.15) is 0 Å². The van der Waals surface area contributed by atoms with Crippen molar-refractivity contribution >= 4 is 33.6 Å². The molecule has 0 radical (unpaired) electrons. The van der Waals surface area contributed by atoms with E-state index < -0.39 is 12.1 Å². The average molecular weight is 403 g/mol. The van der Waals surface area contributed by atoms with Gasteiger partial charge in [0.1, 0.15) is 12.6 Å². The molecule has 1 saturated heterocycles. The molecule has 130 valence electrons. The van der Waals surface area contributed by atoms with Gasteiger partial charge in [0, 0.05) is 11.0 Å². The van der Waals surface area contributed by atoms with Crippen LogP contribution in [0.3, 0.4) is 0 Å². The Bertz CT molecular complexity index is 751. The lowest BCUT2D eigenvalue weighted by molar-refractivity contribution is -0.120. The van der Waals surface area contributed by atoms with Gasteiger partial charge in [-0.1, -0.05) is 42.5 Å². The lowest BCUT2D eigenvalue weighted by Gasteiger charge is -2.23. The van der Waals surface area contributed by atoms with E-state index in [-0.39, 0.29) is 12.5 Å². The molecule has 6 heteroatoms. The molecule has 25 heavy (non-hydrogen) atoms. The van der Waals surface area contributed by atoms with Gasteiger partial charge in [-0.25, -0.2) is 4.79 Å². The Morgan fingerprint density at radius 3 is 2.60 bits per heavy atom. The molecule has 1 aliphatic heterocycles. The molecule has 2 aromatic carbocycles. The fraction of sp³-hybridized carbons (Fsp3) is 0.263. The second-order valence-electron chi connectivity index (χ2n) is 5.86. The van der Waals surface area contributed by atoms with Gasteiger partial charge < -0.3 is 10.1 Å². The minimum atomic E-state index is -0.504. The minimum Gasteiger partial charge on any atom is -0.445 e. The average Bonchev–Trinajstić information content (AvgIpc) is 3.12. The van der Waals surface area contributed by atoms with E-state index >= 15 is 0 Å². The van der Waals surface area contributed by atoms with Crippen LogP contribution in [0.1, 0.15) is 18.4 Å². The van der Waals surface area contributed by atoms with Crippen LogP contribution in [0, 0.1) is 0 Å². The van der Waals surface area contributed by atoms with Crippen LogP contribution < -0.4 is 5.32 Å². The van der Waals surface area contributed by atoms with Gasteiger partial charge in [-0.3, -0.25) is 9.69 Å². The minimum absolute atomic E-state index is 0.193. The van der Waals surface area contributed by atoms with Crippen LogP contribution in [0.15, 0.2) is 59.1 Å². The van der Waals surface area contributed by atoms with Gasteiger partial charge in [0.25, 0.3) is 0 Å². The molecule has 0 spiro atoms. The summed E-state index contributed by atoms with van der Waals surface area (Å²) < 4.78 is 6.17. The highest BCUT2D eigenvalue weighted by molar-refractivity contribution is 9.10. The van der Waals surface area contributed by atoms with Crippen molar-refractivity contribution in [2.45, 2.75) is 25.5 Å². The topological polar surface area (TPSA) is 58.6 Å². The number of para-hydroxylation sites is 1. The summed E-state index contributed by atoms with van der Waals surface area (Å²) in [5, 5.41) is 2.88. The molecule has 1 aliphatic rings. The predicted molar refractivity (Wildman–Crippen MR) is 99.1 cm³/mol. The van der Waals surface area contributed by atoms with Crippen LogP contribution in [0.5, 0.6) is 0 Å². The fourth-order valence-electron chi connectivity index (χ4n) is 2.84. The Hall–Kier alpha value is -2.34. The molecule has 2 aromatic rings. The normalized spacial score (nSPS) is 16.5. The highest BCUT2D eigenvalue weighted by atomic mass is 79.9. The number of amides is 2. The number of hydrogen-bond acceptors (Lipinski definition) is 3. The number of carbonyl (C=O) groups excluding carboxylic acids is 2. The highest BCUT2D eigenvalue weighted by Crippen LogP contribution is 2.24. The zero-order valence-corrected chi connectivity index (χ0v) is 15.2. The van der Waals surface area contributed by atoms with Crippen LogP contribution in [0.2, 0.25) is 0 Å². The van der Waals surface area contributed by atoms with Gasteiger partial charge in [-0.05, 0) is 46.5 Å². The molecular weight excluding hydrogens is 384 g/mol. The first-order valence-corrected chi connectivity index (χ1v) is 8.97. The maximum absolute atomic E-state index is 12.6. The van der Waals surface area contributed by atoms with Crippen LogP contribution in [-0.2, 0) is 16.1 Å². The Morgan fingerprint density at radius 2 is 1.84 bits per heavy atom. The van der Waals surface area contributed by atoms with E-state index in [1.165, 1.54) is 4.90 Å². The predicted octanol–water partition coefficient (Wildman–Crippen LogP) is 4.19. The summed E-state index contributed by atoms with van der Waals surface area (Å²) in [6.45, 7) is 0.733. The zero-order valence-electron chi connectivity index (χ0n) is 13.7. The second-order valence-corrected chi connectivity index (χ2v) is 6.72. The molecule has 0 aromatic heterocycles. The van der Waals surface area contributed by atoms with Crippen molar-refractivity contribution < 1.29 is 14.3 Å². The van der Waals surface area contributed by atoms with Crippen molar-refractivity contribution in [3.8, 4) is 0 Å². The van der Waals surface area contributed by atoms with Crippen molar-refractivity contribution in [2.75, 3.05) is 11.9 Å². The summed E-state index contributed by atoms with van der Waals surface area (Å²) in [7, 11) is 0. The first-order valence-electron chi connectivity index (χ1n) is 8.18. The Kier molecular flexibility index (Phi) is 5.71. The van der Waals surface area contributed by atoms with Crippen LogP contribution in [0.25, 0.3) is 0 Å². The number of carbonyl (C=O) groups is 2. The quantitative estimate of drug-likeness (QED) is 0.833. The number of ether oxygens (including phenoxy) is 1. The van der Waals surface area contributed by atoms with Gasteiger partial charge in [0.15, 0.2) is 0 Å². The third-order valence-corrected chi connectivity index (χ3v) is 4.82. The summed E-state index contributed by atoms with van der Waals surface area (Å²) >= 11 is 3.41. The van der Waals surface area contributed by atoms with E-state index in [0.717, 1.165) is 16.5 Å². The molecule has 0 bridgehead atoms. The molecule has 1 N–H and O–H groups in total. The first-order chi connectivity index (χ1) is 12.1. The Morgan fingerprint density at radius 1 is 1.12 bits per heavy atom. The molecule has 1 fully saturated rings. The van der Waals surface area contributed by atoms with E-state index in [4.69, 9.17) is 4.74 Å². The summed E-state index contributed by atoms with van der Waals surface area (Å²) in [5.41, 5.74) is 1.61. The van der Waals surface area contributed by atoms with E-state index in [9.17, 15) is 9.59 Å². The van der Waals surface area contributed by atoms with Crippen molar-refractivity contribution in [3.63, 3.8) is 0 Å². The fourth-order valence-corrected chi connectivity index (χ4v) is 3.22. The largest absolute Gasteiger partial charge is 0.445 e. The van der Waals surface area contributed by atoms with Gasteiger partial charge in [-0.15, -0.1) is 0 Å². The zero-order chi connectivity index (χ0) is 17.6. The Labute approximate surface area is 155 Å². The maximum Gasteiger partial charge on any atom is 0.410 e. The highest BCUT2D eigenvalue weighted by Gasteiger charge is 2.35. The number of halogens is 1. The van der Waals surface area contributed by atoms with Gasteiger partial charge in [0.05, 0.1) is 5.69 Å². The van der Waals surface area contributed by atoms with Gasteiger partial charge >= 0.3 is 6.09 Å². The second kappa shape index (κ2) is 8.16. The first kappa shape index (κ1) is 17.5. The monoisotopic (exact) mass is 402 g/mol. The van der Waals surface area contributed by atoms with Crippen molar-refractivity contribution in [3.05, 3.63) is 64.6 Å². The van der Waals surface area contributed by atoms with Crippen LogP contribution in [-0.4, -0.2) is 29.5 Å². The summed E-state index contributed by atoms with van der Waals surface area (Å²) in [6, 6.07) is 16.4. The SMILES string of the molecule is O=C(Nc1ccccc1Br)[C@@H]1CCCN1C(=O)OCc1ccccc1. The van der Waals surface area contributed by atoms with Gasteiger partial charge in [0.2, 0.25) is 5.91 Å². The molecule has 0 unspecified atom stereocenters. The molecule has 0 saturated carbocycles. The molecule has 5 nitrogen and oxygen atoms in total. The van der Waals surface area contributed by atoms with Crippen molar-refractivity contribution in [2.24, 2.45) is 0 Å². The molecule has 0 aliphatic carbocycles. The summed E-state index contributed by atoms with van der Waals surface area (Å²) in [6.07, 6.45) is 0.971. The number of rotatable bonds is 4. The number of likely N-dealkylation sites (tertiary alicyclic amines) is 1. The Balaban J connectivity index is 1.60. The maximum atomic E-state index is 12.6. The number of anilines is 1. The number of hydrogen-bond donors (Lipinski definition) is 1. The molecule has 1 heterocycles. The number of benzene rings is 2. The number of nitrogens with one attached hydrogen (secondary N) is 1. The molecule has 1 atom stereocenters. The van der Waals surface area contributed by atoms with Crippen LogP contribution >= 0.6 is 15.9 Å². The third kappa shape index (κ3) is 4.39. The molecule has 2 amide bonds. The standard InChI is InChI=1S/C19H19BrN2O3/c20-15-9-4-5-10-16(15)21-18(23)17-11-6-12-22(17)19(24)25-13-14-7-2-1-3-8-14/h1-5,7-10,17H,6,11-13H2,(H,21,23)/t17-/m0/s1. The lowest BCUT2D eigenvalue weighted by atomic mass is 10.2. The van der Waals surface area contributed by atoms with Crippen molar-refractivity contribution in [1.82, 2.24) is 4.90 Å². The van der Waals surface area contributed by atoms with Crippen LogP contribution in [0.4, 0.5) is 10.5 Å².